The second-order valence-corrected chi connectivity index (χ2v) is 7.55. The van der Waals surface area contributed by atoms with Crippen molar-refractivity contribution in [1.82, 2.24) is 0 Å². The molecule has 0 fully saturated rings. The first kappa shape index (κ1) is 19.0. The summed E-state index contributed by atoms with van der Waals surface area (Å²) in [4.78, 5) is 26.2. The summed E-state index contributed by atoms with van der Waals surface area (Å²) < 4.78 is 5.26. The molecule has 1 amide bonds. The Hall–Kier alpha value is -1.36. The summed E-state index contributed by atoms with van der Waals surface area (Å²) >= 11 is 1.57. The fraction of sp³-hybridized carbons (Fsp3) is 0.684. The fourth-order valence-electron chi connectivity index (χ4n) is 3.38. The number of thiophene rings is 1. The number of carbonyl (C=O) groups is 2. The van der Waals surface area contributed by atoms with Gasteiger partial charge in [-0.05, 0) is 50.5 Å². The van der Waals surface area contributed by atoms with E-state index < -0.39 is 0 Å². The lowest BCUT2D eigenvalue weighted by molar-refractivity contribution is -0.120. The predicted octanol–water partition coefficient (Wildman–Crippen LogP) is 4.81. The maximum absolute atomic E-state index is 12.5. The highest BCUT2D eigenvalue weighted by Crippen LogP contribution is 2.41. The molecule has 1 aromatic heterocycles. The van der Waals surface area contributed by atoms with Crippen molar-refractivity contribution in [3.05, 3.63) is 16.0 Å². The molecule has 0 bridgehead atoms. The van der Waals surface area contributed by atoms with E-state index in [1.54, 1.807) is 11.3 Å². The van der Waals surface area contributed by atoms with E-state index in [0.29, 0.717) is 23.1 Å². The maximum Gasteiger partial charge on any atom is 0.341 e. The van der Waals surface area contributed by atoms with Gasteiger partial charge < -0.3 is 10.1 Å². The molecule has 5 heteroatoms. The van der Waals surface area contributed by atoms with Gasteiger partial charge in [-0.1, -0.05) is 27.2 Å². The van der Waals surface area contributed by atoms with Crippen molar-refractivity contribution in [2.24, 2.45) is 11.8 Å². The molecule has 0 saturated carbocycles. The van der Waals surface area contributed by atoms with E-state index in [2.05, 4.69) is 12.2 Å². The topological polar surface area (TPSA) is 55.4 Å². The highest BCUT2D eigenvalue weighted by molar-refractivity contribution is 7.17. The molecule has 4 nitrogen and oxygen atoms in total. The van der Waals surface area contributed by atoms with Gasteiger partial charge in [-0.3, -0.25) is 4.79 Å². The van der Waals surface area contributed by atoms with Crippen LogP contribution >= 0.6 is 11.3 Å². The highest BCUT2D eigenvalue weighted by Gasteiger charge is 2.30. The lowest BCUT2D eigenvalue weighted by Crippen LogP contribution is -2.22. The summed E-state index contributed by atoms with van der Waals surface area (Å²) in [7, 11) is 0. The molecular weight excluding hydrogens is 322 g/mol. The normalized spacial score (nSPS) is 16.8. The molecule has 1 aliphatic carbocycles. The van der Waals surface area contributed by atoms with Gasteiger partial charge in [-0.25, -0.2) is 4.79 Å². The Morgan fingerprint density at radius 1 is 1.25 bits per heavy atom. The molecule has 1 unspecified atom stereocenters. The zero-order valence-corrected chi connectivity index (χ0v) is 16.1. The van der Waals surface area contributed by atoms with Crippen molar-refractivity contribution in [2.45, 2.75) is 66.2 Å². The van der Waals surface area contributed by atoms with Crippen molar-refractivity contribution in [3.63, 3.8) is 0 Å². The minimum absolute atomic E-state index is 0.0104. The molecule has 0 saturated heterocycles. The molecule has 0 spiro atoms. The summed E-state index contributed by atoms with van der Waals surface area (Å²) in [6.45, 7) is 8.41. The number of rotatable bonds is 7. The number of hydrogen-bond donors (Lipinski definition) is 1. The van der Waals surface area contributed by atoms with Gasteiger partial charge in [0, 0.05) is 10.8 Å². The maximum atomic E-state index is 12.5. The van der Waals surface area contributed by atoms with Gasteiger partial charge in [0.15, 0.2) is 0 Å². The standard InChI is InChI=1S/C19H29NO3S/c1-5-12-9-10-14-15(11-12)24-18(16(14)19(22)23-8-4)20-17(21)13(6-2)7-3/h12-13H,5-11H2,1-4H3,(H,20,21). The molecule has 1 aliphatic rings. The van der Waals surface area contributed by atoms with Gasteiger partial charge >= 0.3 is 5.97 Å². The lowest BCUT2D eigenvalue weighted by Gasteiger charge is -2.21. The van der Waals surface area contributed by atoms with Gasteiger partial charge in [0.25, 0.3) is 0 Å². The third-order valence-corrected chi connectivity index (χ3v) is 6.19. The summed E-state index contributed by atoms with van der Waals surface area (Å²) in [6, 6.07) is 0. The van der Waals surface area contributed by atoms with Crippen molar-refractivity contribution in [2.75, 3.05) is 11.9 Å². The number of anilines is 1. The first-order chi connectivity index (χ1) is 11.5. The molecule has 1 atom stereocenters. The van der Waals surface area contributed by atoms with Crippen LogP contribution in [-0.2, 0) is 22.4 Å². The Balaban J connectivity index is 2.34. The molecule has 1 N–H and O–H groups in total. The van der Waals surface area contributed by atoms with E-state index >= 15 is 0 Å². The molecule has 0 aromatic carbocycles. The smallest absolute Gasteiger partial charge is 0.341 e. The van der Waals surface area contributed by atoms with E-state index in [1.165, 1.54) is 4.88 Å². The third-order valence-electron chi connectivity index (χ3n) is 5.02. The van der Waals surface area contributed by atoms with Gasteiger partial charge in [0.2, 0.25) is 5.91 Å². The quantitative estimate of drug-likeness (QED) is 0.717. The van der Waals surface area contributed by atoms with Crippen molar-refractivity contribution >= 4 is 28.2 Å². The zero-order valence-electron chi connectivity index (χ0n) is 15.2. The second-order valence-electron chi connectivity index (χ2n) is 6.45. The predicted molar refractivity (Wildman–Crippen MR) is 98.8 cm³/mol. The Kier molecular flexibility index (Phi) is 6.84. The zero-order chi connectivity index (χ0) is 17.7. The Labute approximate surface area is 149 Å². The molecule has 0 radical (unpaired) electrons. The van der Waals surface area contributed by atoms with Crippen molar-refractivity contribution in [1.29, 1.82) is 0 Å². The van der Waals surface area contributed by atoms with E-state index in [9.17, 15) is 9.59 Å². The SMILES string of the molecule is CCOC(=O)c1c(NC(=O)C(CC)CC)sc2c1CCC(CC)C2. The second kappa shape index (κ2) is 8.65. The van der Waals surface area contributed by atoms with Crippen LogP contribution in [0.3, 0.4) is 0 Å². The van der Waals surface area contributed by atoms with E-state index in [4.69, 9.17) is 4.74 Å². The third kappa shape index (κ3) is 4.00. The summed E-state index contributed by atoms with van der Waals surface area (Å²) in [6.07, 6.45) is 5.78. The van der Waals surface area contributed by atoms with Gasteiger partial charge in [0.05, 0.1) is 12.2 Å². The molecule has 1 heterocycles. The molecule has 0 aliphatic heterocycles. The van der Waals surface area contributed by atoms with Crippen LogP contribution in [-0.4, -0.2) is 18.5 Å². The van der Waals surface area contributed by atoms with Gasteiger partial charge in [0.1, 0.15) is 5.00 Å². The largest absolute Gasteiger partial charge is 0.462 e. The molecule has 134 valence electrons. The number of fused-ring (bicyclic) bond motifs is 1. The number of amides is 1. The van der Waals surface area contributed by atoms with Crippen LogP contribution in [0.2, 0.25) is 0 Å². The van der Waals surface area contributed by atoms with Crippen LogP contribution in [0.4, 0.5) is 5.00 Å². The Morgan fingerprint density at radius 3 is 2.54 bits per heavy atom. The minimum atomic E-state index is -0.301. The molecule has 2 rings (SSSR count). The number of hydrogen-bond acceptors (Lipinski definition) is 4. The van der Waals surface area contributed by atoms with E-state index in [1.807, 2.05) is 20.8 Å². The first-order valence-corrected chi connectivity index (χ1v) is 9.99. The Morgan fingerprint density at radius 2 is 1.96 bits per heavy atom. The van der Waals surface area contributed by atoms with Crippen molar-refractivity contribution < 1.29 is 14.3 Å². The fourth-order valence-corrected chi connectivity index (χ4v) is 4.74. The molecular formula is C19H29NO3S. The minimum Gasteiger partial charge on any atom is -0.462 e. The average Bonchev–Trinajstić information content (AvgIpc) is 2.92. The van der Waals surface area contributed by atoms with Crippen LogP contribution < -0.4 is 5.32 Å². The summed E-state index contributed by atoms with van der Waals surface area (Å²) in [5.41, 5.74) is 1.70. The molecule has 24 heavy (non-hydrogen) atoms. The summed E-state index contributed by atoms with van der Waals surface area (Å²) in [5.74, 6) is 0.373. The van der Waals surface area contributed by atoms with Crippen LogP contribution in [0.25, 0.3) is 0 Å². The van der Waals surface area contributed by atoms with Crippen LogP contribution in [0.1, 0.15) is 74.2 Å². The summed E-state index contributed by atoms with van der Waals surface area (Å²) in [5, 5.41) is 3.71. The number of nitrogens with one attached hydrogen (secondary N) is 1. The van der Waals surface area contributed by atoms with Gasteiger partial charge in [-0.15, -0.1) is 11.3 Å². The number of esters is 1. The van der Waals surface area contributed by atoms with Crippen LogP contribution in [0.15, 0.2) is 0 Å². The van der Waals surface area contributed by atoms with E-state index in [0.717, 1.165) is 44.1 Å². The Bertz CT molecular complexity index is 590. The number of ether oxygens (including phenoxy) is 1. The monoisotopic (exact) mass is 351 g/mol. The van der Waals surface area contributed by atoms with Crippen LogP contribution in [0, 0.1) is 11.8 Å². The highest BCUT2D eigenvalue weighted by atomic mass is 32.1. The van der Waals surface area contributed by atoms with Gasteiger partial charge in [-0.2, -0.15) is 0 Å². The van der Waals surface area contributed by atoms with Crippen LogP contribution in [0.5, 0.6) is 0 Å². The average molecular weight is 352 g/mol. The lowest BCUT2D eigenvalue weighted by atomic mass is 9.85. The van der Waals surface area contributed by atoms with E-state index in [-0.39, 0.29) is 17.8 Å². The first-order valence-electron chi connectivity index (χ1n) is 9.17. The van der Waals surface area contributed by atoms with Crippen molar-refractivity contribution in [3.8, 4) is 0 Å². The molecule has 1 aromatic rings. The number of carbonyl (C=O) groups excluding carboxylic acids is 2.